The number of rotatable bonds is 4. The number of hydrogen-bond acceptors (Lipinski definition) is 3. The first kappa shape index (κ1) is 15.4. The van der Waals surface area contributed by atoms with Crippen LogP contribution >= 0.6 is 11.6 Å². The average molecular weight is 320 g/mol. The summed E-state index contributed by atoms with van der Waals surface area (Å²) in [6.07, 6.45) is 1.83. The molecular weight excluding hydrogens is 301 g/mol. The van der Waals surface area contributed by atoms with Crippen molar-refractivity contribution in [3.8, 4) is 0 Å². The number of piperazine rings is 1. The summed E-state index contributed by atoms with van der Waals surface area (Å²) in [6, 6.07) is 10.9. The Kier molecular flexibility index (Phi) is 5.03. The van der Waals surface area contributed by atoms with Crippen molar-refractivity contribution in [2.45, 2.75) is 13.1 Å². The van der Waals surface area contributed by atoms with Gasteiger partial charge in [-0.2, -0.15) is 0 Å². The lowest BCUT2D eigenvalue weighted by molar-refractivity contribution is 0.120. The molecule has 1 aliphatic rings. The van der Waals surface area contributed by atoms with Crippen LogP contribution in [0.3, 0.4) is 0 Å². The molecule has 1 saturated heterocycles. The Hall–Kier alpha value is -1.49. The molecule has 1 aromatic heterocycles. The highest BCUT2D eigenvalue weighted by Gasteiger charge is 2.19. The molecule has 3 nitrogen and oxygen atoms in total. The maximum absolute atomic E-state index is 13.8. The minimum absolute atomic E-state index is 0.219. The van der Waals surface area contributed by atoms with Gasteiger partial charge in [-0.3, -0.25) is 14.8 Å². The van der Waals surface area contributed by atoms with Crippen molar-refractivity contribution in [3.63, 3.8) is 0 Å². The number of hydrogen-bond donors (Lipinski definition) is 0. The second-order valence-electron chi connectivity index (χ2n) is 5.57. The molecule has 0 aliphatic carbocycles. The molecule has 0 spiro atoms. The van der Waals surface area contributed by atoms with Crippen LogP contribution in [0.2, 0.25) is 5.02 Å². The van der Waals surface area contributed by atoms with Crippen molar-refractivity contribution in [2.75, 3.05) is 26.2 Å². The van der Waals surface area contributed by atoms with Gasteiger partial charge in [-0.1, -0.05) is 23.7 Å². The normalized spacial score (nSPS) is 16.8. The Labute approximate surface area is 135 Å². The first-order valence-electron chi connectivity index (χ1n) is 7.50. The summed E-state index contributed by atoms with van der Waals surface area (Å²) in [5.74, 6) is -0.219. The van der Waals surface area contributed by atoms with E-state index in [1.807, 2.05) is 24.4 Å². The molecule has 0 N–H and O–H groups in total. The highest BCUT2D eigenvalue weighted by Crippen LogP contribution is 2.21. The summed E-state index contributed by atoms with van der Waals surface area (Å²) in [5.41, 5.74) is 1.69. The van der Waals surface area contributed by atoms with Crippen LogP contribution in [0.15, 0.2) is 42.6 Å². The first-order chi connectivity index (χ1) is 10.7. The lowest BCUT2D eigenvalue weighted by Crippen LogP contribution is -2.45. The third kappa shape index (κ3) is 3.83. The predicted octanol–water partition coefficient (Wildman–Crippen LogP) is 3.19. The van der Waals surface area contributed by atoms with E-state index in [-0.39, 0.29) is 5.82 Å². The summed E-state index contributed by atoms with van der Waals surface area (Å²) >= 11 is 6.10. The Morgan fingerprint density at radius 1 is 0.955 bits per heavy atom. The van der Waals surface area contributed by atoms with Gasteiger partial charge in [-0.15, -0.1) is 0 Å². The fraction of sp³-hybridized carbons (Fsp3) is 0.353. The van der Waals surface area contributed by atoms with Gasteiger partial charge < -0.3 is 0 Å². The van der Waals surface area contributed by atoms with E-state index in [9.17, 15) is 4.39 Å². The van der Waals surface area contributed by atoms with E-state index in [1.54, 1.807) is 12.1 Å². The summed E-state index contributed by atoms with van der Waals surface area (Å²) in [4.78, 5) is 8.99. The molecule has 116 valence electrons. The van der Waals surface area contributed by atoms with Gasteiger partial charge >= 0.3 is 0 Å². The van der Waals surface area contributed by atoms with Gasteiger partial charge in [-0.25, -0.2) is 4.39 Å². The lowest BCUT2D eigenvalue weighted by Gasteiger charge is -2.34. The number of benzene rings is 1. The topological polar surface area (TPSA) is 19.4 Å². The van der Waals surface area contributed by atoms with Crippen LogP contribution in [0.4, 0.5) is 4.39 Å². The van der Waals surface area contributed by atoms with Gasteiger partial charge in [0.15, 0.2) is 0 Å². The zero-order valence-corrected chi connectivity index (χ0v) is 13.1. The monoisotopic (exact) mass is 319 g/mol. The SMILES string of the molecule is Fc1cccc(Cl)c1CN1CCN(Cc2ccccn2)CC1. The van der Waals surface area contributed by atoms with Crippen LogP contribution in [0.1, 0.15) is 11.3 Å². The van der Waals surface area contributed by atoms with Crippen molar-refractivity contribution in [1.82, 2.24) is 14.8 Å². The van der Waals surface area contributed by atoms with E-state index in [4.69, 9.17) is 11.6 Å². The zero-order valence-electron chi connectivity index (χ0n) is 12.4. The summed E-state index contributed by atoms with van der Waals surface area (Å²) < 4.78 is 13.8. The Morgan fingerprint density at radius 3 is 2.32 bits per heavy atom. The van der Waals surface area contributed by atoms with Crippen LogP contribution in [-0.2, 0) is 13.1 Å². The molecule has 5 heteroatoms. The van der Waals surface area contributed by atoms with Gasteiger partial charge in [0.25, 0.3) is 0 Å². The van der Waals surface area contributed by atoms with Crippen molar-refractivity contribution in [1.29, 1.82) is 0 Å². The quantitative estimate of drug-likeness (QED) is 0.863. The Bertz CT molecular complexity index is 592. The van der Waals surface area contributed by atoms with Gasteiger partial charge in [0, 0.05) is 56.1 Å². The molecule has 1 aromatic carbocycles. The molecular formula is C17H19ClFN3. The van der Waals surface area contributed by atoms with E-state index >= 15 is 0 Å². The number of pyridine rings is 1. The summed E-state index contributed by atoms with van der Waals surface area (Å²) in [5, 5.41) is 0.510. The molecule has 1 fully saturated rings. The maximum atomic E-state index is 13.8. The van der Waals surface area contributed by atoms with Gasteiger partial charge in [-0.05, 0) is 24.3 Å². The van der Waals surface area contributed by atoms with E-state index < -0.39 is 0 Å². The molecule has 2 heterocycles. The predicted molar refractivity (Wildman–Crippen MR) is 86.2 cm³/mol. The molecule has 0 atom stereocenters. The van der Waals surface area contributed by atoms with E-state index in [0.717, 1.165) is 38.4 Å². The highest BCUT2D eigenvalue weighted by atomic mass is 35.5. The molecule has 0 radical (unpaired) electrons. The minimum Gasteiger partial charge on any atom is -0.296 e. The fourth-order valence-electron chi connectivity index (χ4n) is 2.73. The molecule has 0 unspecified atom stereocenters. The molecule has 0 saturated carbocycles. The van der Waals surface area contributed by atoms with Crippen LogP contribution in [0, 0.1) is 5.82 Å². The Balaban J connectivity index is 1.54. The molecule has 3 rings (SSSR count). The third-order valence-electron chi connectivity index (χ3n) is 4.02. The molecule has 22 heavy (non-hydrogen) atoms. The van der Waals surface area contributed by atoms with Crippen molar-refractivity contribution >= 4 is 11.6 Å². The molecule has 0 amide bonds. The van der Waals surface area contributed by atoms with Crippen LogP contribution in [-0.4, -0.2) is 41.0 Å². The molecule has 2 aromatic rings. The Morgan fingerprint density at radius 2 is 1.68 bits per heavy atom. The number of nitrogens with zero attached hydrogens (tertiary/aromatic N) is 3. The van der Waals surface area contributed by atoms with E-state index in [0.29, 0.717) is 17.1 Å². The largest absolute Gasteiger partial charge is 0.296 e. The van der Waals surface area contributed by atoms with Crippen LogP contribution < -0.4 is 0 Å². The second-order valence-corrected chi connectivity index (χ2v) is 5.98. The van der Waals surface area contributed by atoms with Gasteiger partial charge in [0.1, 0.15) is 5.82 Å². The standard InChI is InChI=1S/C17H19ClFN3/c18-16-5-3-6-17(19)15(16)13-22-10-8-21(9-11-22)12-14-4-1-2-7-20-14/h1-7H,8-13H2. The first-order valence-corrected chi connectivity index (χ1v) is 7.87. The van der Waals surface area contributed by atoms with E-state index in [1.165, 1.54) is 6.07 Å². The summed E-state index contributed by atoms with van der Waals surface area (Å²) in [7, 11) is 0. The third-order valence-corrected chi connectivity index (χ3v) is 4.37. The van der Waals surface area contributed by atoms with Gasteiger partial charge in [0.2, 0.25) is 0 Å². The van der Waals surface area contributed by atoms with Crippen molar-refractivity contribution in [3.05, 3.63) is 64.7 Å². The zero-order chi connectivity index (χ0) is 15.4. The number of aromatic nitrogens is 1. The van der Waals surface area contributed by atoms with Crippen molar-refractivity contribution in [2.24, 2.45) is 0 Å². The maximum Gasteiger partial charge on any atom is 0.129 e. The smallest absolute Gasteiger partial charge is 0.129 e. The fourth-order valence-corrected chi connectivity index (χ4v) is 2.96. The highest BCUT2D eigenvalue weighted by molar-refractivity contribution is 6.31. The van der Waals surface area contributed by atoms with Crippen LogP contribution in [0.5, 0.6) is 0 Å². The summed E-state index contributed by atoms with van der Waals surface area (Å²) in [6.45, 7) is 5.19. The average Bonchev–Trinajstić information content (AvgIpc) is 2.54. The molecule has 0 bridgehead atoms. The van der Waals surface area contributed by atoms with Crippen molar-refractivity contribution < 1.29 is 4.39 Å². The van der Waals surface area contributed by atoms with E-state index in [2.05, 4.69) is 14.8 Å². The van der Waals surface area contributed by atoms with Crippen LogP contribution in [0.25, 0.3) is 0 Å². The lowest BCUT2D eigenvalue weighted by atomic mass is 10.1. The van der Waals surface area contributed by atoms with Gasteiger partial charge in [0.05, 0.1) is 5.69 Å². The molecule has 1 aliphatic heterocycles. The number of halogens is 2. The second kappa shape index (κ2) is 7.18. The minimum atomic E-state index is -0.219.